The number of anilines is 1. The molecule has 2 rings (SSSR count). The molecule has 0 aliphatic heterocycles. The van der Waals surface area contributed by atoms with Crippen molar-refractivity contribution in [2.24, 2.45) is 11.8 Å². The van der Waals surface area contributed by atoms with E-state index in [0.717, 1.165) is 35.5 Å². The lowest BCUT2D eigenvalue weighted by Gasteiger charge is -2.34. The Morgan fingerprint density at radius 3 is 2.52 bits per heavy atom. The molecule has 150 valence electrons. The van der Waals surface area contributed by atoms with E-state index in [1.165, 1.54) is 12.8 Å². The zero-order chi connectivity index (χ0) is 19.8. The fourth-order valence-electron chi connectivity index (χ4n) is 4.00. The van der Waals surface area contributed by atoms with E-state index >= 15 is 0 Å². The molecule has 1 unspecified atom stereocenters. The summed E-state index contributed by atoms with van der Waals surface area (Å²) in [5.74, 6) is 1.19. The molecule has 1 fully saturated rings. The maximum atomic E-state index is 12.6. The van der Waals surface area contributed by atoms with Crippen LogP contribution in [0.25, 0.3) is 0 Å². The molecule has 5 heteroatoms. The Hall–Kier alpha value is -1.88. The minimum Gasteiger partial charge on any atom is -0.348 e. The maximum Gasteiger partial charge on any atom is 0.279 e. The number of aryl methyl sites for hydroxylation is 1. The van der Waals surface area contributed by atoms with Crippen LogP contribution in [0.3, 0.4) is 0 Å². The summed E-state index contributed by atoms with van der Waals surface area (Å²) < 4.78 is 0. The van der Waals surface area contributed by atoms with Crippen LogP contribution in [-0.2, 0) is 9.59 Å². The zero-order valence-corrected chi connectivity index (χ0v) is 17.3. The Balaban J connectivity index is 1.87. The molecule has 5 nitrogen and oxygen atoms in total. The fourth-order valence-corrected chi connectivity index (χ4v) is 4.00. The van der Waals surface area contributed by atoms with Gasteiger partial charge in [0, 0.05) is 11.7 Å². The van der Waals surface area contributed by atoms with Gasteiger partial charge >= 0.3 is 0 Å². The summed E-state index contributed by atoms with van der Waals surface area (Å²) in [6, 6.07) is 8.03. The number of nitrogens with one attached hydrogen (secondary N) is 3. The molecule has 1 aromatic rings. The van der Waals surface area contributed by atoms with Gasteiger partial charge in [-0.1, -0.05) is 51.8 Å². The van der Waals surface area contributed by atoms with Gasteiger partial charge in [-0.3, -0.25) is 9.59 Å². The van der Waals surface area contributed by atoms with Gasteiger partial charge in [-0.15, -0.1) is 0 Å². The molecule has 27 heavy (non-hydrogen) atoms. The molecule has 1 aromatic carbocycles. The van der Waals surface area contributed by atoms with Gasteiger partial charge in [0.15, 0.2) is 13.1 Å². The summed E-state index contributed by atoms with van der Waals surface area (Å²) in [4.78, 5) is 26.0. The molecular formula is C22H36N3O2+. The van der Waals surface area contributed by atoms with Gasteiger partial charge in [0.1, 0.15) is 0 Å². The first kappa shape index (κ1) is 21.4. The number of hydrogen-bond acceptors (Lipinski definition) is 2. The van der Waals surface area contributed by atoms with Gasteiger partial charge in [-0.05, 0) is 43.2 Å². The molecule has 3 N–H and O–H groups in total. The monoisotopic (exact) mass is 374 g/mol. The molecular weight excluding hydrogens is 338 g/mol. The number of benzene rings is 1. The lowest BCUT2D eigenvalue weighted by atomic mass is 9.78. The molecule has 1 aliphatic rings. The molecule has 0 spiro atoms. The van der Waals surface area contributed by atoms with Crippen LogP contribution in [0, 0.1) is 18.8 Å². The maximum absolute atomic E-state index is 12.6. The molecule has 0 bridgehead atoms. The second kappa shape index (κ2) is 10.5. The first-order chi connectivity index (χ1) is 12.9. The minimum atomic E-state index is -0.0415. The molecule has 0 radical (unpaired) electrons. The summed E-state index contributed by atoms with van der Waals surface area (Å²) in [5, 5.41) is 6.20. The van der Waals surface area contributed by atoms with E-state index in [4.69, 9.17) is 0 Å². The number of quaternary nitrogens is 1. The van der Waals surface area contributed by atoms with Crippen molar-refractivity contribution in [1.29, 1.82) is 0 Å². The summed E-state index contributed by atoms with van der Waals surface area (Å²) in [6.07, 6.45) is 4.44. The van der Waals surface area contributed by atoms with Crippen molar-refractivity contribution < 1.29 is 14.5 Å². The highest BCUT2D eigenvalue weighted by molar-refractivity contribution is 5.92. The van der Waals surface area contributed by atoms with E-state index in [1.807, 2.05) is 31.2 Å². The first-order valence-corrected chi connectivity index (χ1v) is 10.4. The summed E-state index contributed by atoms with van der Waals surface area (Å²) in [7, 11) is 0. The van der Waals surface area contributed by atoms with E-state index in [0.29, 0.717) is 24.9 Å². The number of hydrogen-bond donors (Lipinski definition) is 3. The number of carbonyl (C=O) groups is 2. The van der Waals surface area contributed by atoms with E-state index in [-0.39, 0.29) is 17.9 Å². The molecule has 1 aliphatic carbocycles. The largest absolute Gasteiger partial charge is 0.348 e. The third-order valence-electron chi connectivity index (χ3n) is 5.90. The topological polar surface area (TPSA) is 62.6 Å². The van der Waals surface area contributed by atoms with Crippen molar-refractivity contribution in [3.05, 3.63) is 29.8 Å². The quantitative estimate of drug-likeness (QED) is 0.653. The molecule has 1 saturated carbocycles. The van der Waals surface area contributed by atoms with Crippen molar-refractivity contribution in [1.82, 2.24) is 5.32 Å². The first-order valence-electron chi connectivity index (χ1n) is 10.4. The third kappa shape index (κ3) is 6.65. The van der Waals surface area contributed by atoms with Crippen molar-refractivity contribution in [2.45, 2.75) is 59.4 Å². The van der Waals surface area contributed by atoms with Crippen LogP contribution in [0.1, 0.15) is 52.0 Å². The molecule has 2 amide bonds. The van der Waals surface area contributed by atoms with Crippen LogP contribution >= 0.6 is 0 Å². The third-order valence-corrected chi connectivity index (χ3v) is 5.90. The van der Waals surface area contributed by atoms with Gasteiger partial charge in [0.2, 0.25) is 0 Å². The van der Waals surface area contributed by atoms with Crippen LogP contribution in [0.4, 0.5) is 5.69 Å². The van der Waals surface area contributed by atoms with E-state index < -0.39 is 0 Å². The fraction of sp³-hybridized carbons (Fsp3) is 0.636. The number of carbonyl (C=O) groups excluding carboxylic acids is 2. The second-order valence-electron chi connectivity index (χ2n) is 8.16. The Morgan fingerprint density at radius 2 is 1.81 bits per heavy atom. The minimum absolute atomic E-state index is 0.0415. The SMILES string of the molecule is CCC[NH+](CC(=O)Nc1ccccc1C)CC(=O)N[C@@H]1CCC[C@H](C)[C@@H]1C. The van der Waals surface area contributed by atoms with Crippen LogP contribution < -0.4 is 15.5 Å². The smallest absolute Gasteiger partial charge is 0.279 e. The van der Waals surface area contributed by atoms with Crippen molar-refractivity contribution >= 4 is 17.5 Å². The number of amides is 2. The Labute approximate surface area is 163 Å². The van der Waals surface area contributed by atoms with Gasteiger partial charge in [-0.25, -0.2) is 0 Å². The van der Waals surface area contributed by atoms with Gasteiger partial charge in [0.25, 0.3) is 11.8 Å². The van der Waals surface area contributed by atoms with Crippen molar-refractivity contribution in [2.75, 3.05) is 25.0 Å². The Bertz CT molecular complexity index is 632. The normalized spacial score (nSPS) is 23.5. The van der Waals surface area contributed by atoms with Crippen LogP contribution in [0.2, 0.25) is 0 Å². The molecule has 0 aromatic heterocycles. The average Bonchev–Trinajstić information content (AvgIpc) is 2.61. The summed E-state index contributed by atoms with van der Waals surface area (Å²) in [6.45, 7) is 10.0. The molecule has 0 saturated heterocycles. The van der Waals surface area contributed by atoms with Crippen LogP contribution in [0.5, 0.6) is 0 Å². The van der Waals surface area contributed by atoms with E-state index in [1.54, 1.807) is 0 Å². The Morgan fingerprint density at radius 1 is 1.11 bits per heavy atom. The van der Waals surface area contributed by atoms with Gasteiger partial charge in [-0.2, -0.15) is 0 Å². The number of rotatable bonds is 8. The van der Waals surface area contributed by atoms with Crippen molar-refractivity contribution in [3.63, 3.8) is 0 Å². The van der Waals surface area contributed by atoms with E-state index in [2.05, 4.69) is 31.4 Å². The van der Waals surface area contributed by atoms with Gasteiger partial charge in [0.05, 0.1) is 6.54 Å². The summed E-state index contributed by atoms with van der Waals surface area (Å²) >= 11 is 0. The highest BCUT2D eigenvalue weighted by atomic mass is 16.2. The van der Waals surface area contributed by atoms with Crippen LogP contribution in [0.15, 0.2) is 24.3 Å². The second-order valence-corrected chi connectivity index (χ2v) is 8.16. The lowest BCUT2D eigenvalue weighted by molar-refractivity contribution is -0.883. The standard InChI is InChI=1S/C22H35N3O2/c1-5-13-25(14-21(26)23-19-11-7-6-9-17(19)3)15-22(27)24-20-12-8-10-16(2)18(20)4/h6-7,9,11,16,18,20H,5,8,10,12-15H2,1-4H3,(H,23,26)(H,24,27)/p+1/t16-,18-,20+/m0/s1. The Kier molecular flexibility index (Phi) is 8.29. The lowest BCUT2D eigenvalue weighted by Crippen LogP contribution is -3.14. The predicted molar refractivity (Wildman–Crippen MR) is 110 cm³/mol. The van der Waals surface area contributed by atoms with Gasteiger partial charge < -0.3 is 15.5 Å². The molecule has 0 heterocycles. The molecule has 4 atom stereocenters. The van der Waals surface area contributed by atoms with Crippen LogP contribution in [-0.4, -0.2) is 37.5 Å². The van der Waals surface area contributed by atoms with E-state index in [9.17, 15) is 9.59 Å². The average molecular weight is 375 g/mol. The highest BCUT2D eigenvalue weighted by Crippen LogP contribution is 2.29. The predicted octanol–water partition coefficient (Wildman–Crippen LogP) is 2.17. The van der Waals surface area contributed by atoms with Crippen molar-refractivity contribution in [3.8, 4) is 0 Å². The zero-order valence-electron chi connectivity index (χ0n) is 17.3. The number of para-hydroxylation sites is 1. The highest BCUT2D eigenvalue weighted by Gasteiger charge is 2.29. The summed E-state index contributed by atoms with van der Waals surface area (Å²) in [5.41, 5.74) is 1.88.